The largest absolute Gasteiger partial charge is 0.418 e. The van der Waals surface area contributed by atoms with Crippen LogP contribution < -0.4 is 0 Å². The molecule has 1 N–H and O–H groups in total. The van der Waals surface area contributed by atoms with Gasteiger partial charge in [0, 0.05) is 6.54 Å². The minimum atomic E-state index is -4.42. The summed E-state index contributed by atoms with van der Waals surface area (Å²) in [6, 6.07) is 3.97. The quantitative estimate of drug-likeness (QED) is 0.770. The maximum atomic E-state index is 12.8. The maximum Gasteiger partial charge on any atom is 0.418 e. The summed E-state index contributed by atoms with van der Waals surface area (Å²) in [6.45, 7) is 0.508. The van der Waals surface area contributed by atoms with Crippen LogP contribution in [0.2, 0.25) is 0 Å². The molecule has 6 heteroatoms. The fourth-order valence-corrected chi connectivity index (χ4v) is 2.26. The number of rotatable bonds is 0. The standard InChI is InChI=1S/C11H9F3N2O/c12-11(13,14)6-2-1-3-7-9(6)15-10-8(17)4-5-16(7)10/h1-3,8,17H,4-5H2. The highest BCUT2D eigenvalue weighted by Crippen LogP contribution is 2.37. The Bertz CT molecular complexity index is 588. The van der Waals surface area contributed by atoms with Crippen molar-refractivity contribution in [3.63, 3.8) is 0 Å². The third kappa shape index (κ3) is 1.44. The van der Waals surface area contributed by atoms with Crippen molar-refractivity contribution < 1.29 is 18.3 Å². The second-order valence-corrected chi connectivity index (χ2v) is 4.10. The van der Waals surface area contributed by atoms with Crippen LogP contribution in [0, 0.1) is 0 Å². The van der Waals surface area contributed by atoms with E-state index in [1.165, 1.54) is 6.07 Å². The molecule has 0 saturated carbocycles. The number of benzene rings is 1. The molecule has 1 aromatic heterocycles. The number of hydrogen-bond donors (Lipinski definition) is 1. The summed E-state index contributed by atoms with van der Waals surface area (Å²) in [7, 11) is 0. The predicted molar refractivity (Wildman–Crippen MR) is 54.3 cm³/mol. The second kappa shape index (κ2) is 3.22. The first-order valence-electron chi connectivity index (χ1n) is 5.23. The summed E-state index contributed by atoms with van der Waals surface area (Å²) in [5.74, 6) is 0.330. The van der Waals surface area contributed by atoms with Crippen LogP contribution in [0.25, 0.3) is 11.0 Å². The molecule has 0 spiro atoms. The summed E-state index contributed by atoms with van der Waals surface area (Å²) in [5, 5.41) is 9.61. The zero-order chi connectivity index (χ0) is 12.2. The molecule has 2 heterocycles. The van der Waals surface area contributed by atoms with E-state index >= 15 is 0 Å². The second-order valence-electron chi connectivity index (χ2n) is 4.10. The van der Waals surface area contributed by atoms with Crippen LogP contribution in [0.3, 0.4) is 0 Å². The van der Waals surface area contributed by atoms with E-state index in [1.807, 2.05) is 0 Å². The van der Waals surface area contributed by atoms with Crippen LogP contribution in [0.4, 0.5) is 13.2 Å². The molecule has 17 heavy (non-hydrogen) atoms. The molecule has 1 unspecified atom stereocenters. The molecule has 0 saturated heterocycles. The number of aromatic nitrogens is 2. The van der Waals surface area contributed by atoms with Gasteiger partial charge >= 0.3 is 6.18 Å². The zero-order valence-electron chi connectivity index (χ0n) is 8.70. The molecule has 1 atom stereocenters. The minimum Gasteiger partial charge on any atom is -0.385 e. The number of halogens is 3. The zero-order valence-corrected chi connectivity index (χ0v) is 8.70. The highest BCUT2D eigenvalue weighted by atomic mass is 19.4. The Hall–Kier alpha value is -1.56. The third-order valence-electron chi connectivity index (χ3n) is 3.04. The van der Waals surface area contributed by atoms with Crippen molar-refractivity contribution in [2.45, 2.75) is 25.2 Å². The number of aliphatic hydroxyl groups is 1. The van der Waals surface area contributed by atoms with E-state index in [-0.39, 0.29) is 5.52 Å². The number of para-hydroxylation sites is 1. The Balaban J connectivity index is 2.32. The van der Waals surface area contributed by atoms with Crippen molar-refractivity contribution in [3.05, 3.63) is 29.6 Å². The highest BCUT2D eigenvalue weighted by Gasteiger charge is 2.35. The van der Waals surface area contributed by atoms with Crippen molar-refractivity contribution in [2.24, 2.45) is 0 Å². The fourth-order valence-electron chi connectivity index (χ4n) is 2.26. The molecule has 1 aromatic carbocycles. The fraction of sp³-hybridized carbons (Fsp3) is 0.364. The van der Waals surface area contributed by atoms with Crippen LogP contribution in [-0.2, 0) is 12.7 Å². The van der Waals surface area contributed by atoms with E-state index in [1.54, 1.807) is 10.6 Å². The van der Waals surface area contributed by atoms with Crippen molar-refractivity contribution in [1.29, 1.82) is 0 Å². The number of hydrogen-bond acceptors (Lipinski definition) is 2. The van der Waals surface area contributed by atoms with Crippen LogP contribution in [-0.4, -0.2) is 14.7 Å². The average molecular weight is 242 g/mol. The van der Waals surface area contributed by atoms with Crippen molar-refractivity contribution in [1.82, 2.24) is 9.55 Å². The number of alkyl halides is 3. The summed E-state index contributed by atoms with van der Waals surface area (Å²) < 4.78 is 39.9. The first-order chi connectivity index (χ1) is 7.98. The normalized spacial score (nSPS) is 19.9. The number of aryl methyl sites for hydroxylation is 1. The molecule has 2 aromatic rings. The molecular formula is C11H9F3N2O. The molecule has 1 aliphatic heterocycles. The molecule has 0 radical (unpaired) electrons. The Morgan fingerprint density at radius 2 is 2.12 bits per heavy atom. The van der Waals surface area contributed by atoms with Gasteiger partial charge in [0.25, 0.3) is 0 Å². The van der Waals surface area contributed by atoms with Crippen LogP contribution in [0.15, 0.2) is 18.2 Å². The Morgan fingerprint density at radius 3 is 2.82 bits per heavy atom. The SMILES string of the molecule is OC1CCn2c1nc1c(C(F)(F)F)cccc12. The Morgan fingerprint density at radius 1 is 1.35 bits per heavy atom. The first kappa shape index (κ1) is 10.6. The van der Waals surface area contributed by atoms with Crippen molar-refractivity contribution in [3.8, 4) is 0 Å². The van der Waals surface area contributed by atoms with Gasteiger partial charge in [0.05, 0.1) is 11.1 Å². The van der Waals surface area contributed by atoms with E-state index in [0.29, 0.717) is 24.3 Å². The molecule has 0 bridgehead atoms. The van der Waals surface area contributed by atoms with Gasteiger partial charge in [-0.2, -0.15) is 13.2 Å². The highest BCUT2D eigenvalue weighted by molar-refractivity contribution is 5.80. The van der Waals surface area contributed by atoms with Crippen molar-refractivity contribution >= 4 is 11.0 Å². The summed E-state index contributed by atoms with van der Waals surface area (Å²) in [6.07, 6.45) is -4.67. The minimum absolute atomic E-state index is 0.0752. The molecule has 3 nitrogen and oxygen atoms in total. The van der Waals surface area contributed by atoms with E-state index in [4.69, 9.17) is 0 Å². The summed E-state index contributed by atoms with van der Waals surface area (Å²) in [4.78, 5) is 3.93. The van der Waals surface area contributed by atoms with E-state index in [9.17, 15) is 18.3 Å². The van der Waals surface area contributed by atoms with Gasteiger partial charge in [-0.15, -0.1) is 0 Å². The monoisotopic (exact) mass is 242 g/mol. The topological polar surface area (TPSA) is 38.0 Å². The van der Waals surface area contributed by atoms with Crippen molar-refractivity contribution in [2.75, 3.05) is 0 Å². The predicted octanol–water partition coefficient (Wildman–Crippen LogP) is 2.49. The first-order valence-corrected chi connectivity index (χ1v) is 5.23. The summed E-state index contributed by atoms with van der Waals surface area (Å²) >= 11 is 0. The molecule has 0 aliphatic carbocycles. The lowest BCUT2D eigenvalue weighted by molar-refractivity contribution is -0.136. The summed E-state index contributed by atoms with van der Waals surface area (Å²) in [5.41, 5.74) is -0.385. The van der Waals surface area contributed by atoms with Gasteiger partial charge in [-0.05, 0) is 18.6 Å². The van der Waals surface area contributed by atoms with E-state index < -0.39 is 17.8 Å². The van der Waals surface area contributed by atoms with Gasteiger partial charge in [0.15, 0.2) is 0 Å². The smallest absolute Gasteiger partial charge is 0.385 e. The molecule has 0 amide bonds. The number of imidazole rings is 1. The Labute approximate surface area is 94.5 Å². The molecular weight excluding hydrogens is 233 g/mol. The third-order valence-corrected chi connectivity index (χ3v) is 3.04. The number of aliphatic hydroxyl groups excluding tert-OH is 1. The van der Waals surface area contributed by atoms with Crippen LogP contribution in [0.5, 0.6) is 0 Å². The van der Waals surface area contributed by atoms with Gasteiger partial charge in [-0.3, -0.25) is 0 Å². The van der Waals surface area contributed by atoms with Crippen LogP contribution in [0.1, 0.15) is 23.9 Å². The lowest BCUT2D eigenvalue weighted by atomic mass is 10.2. The number of nitrogens with zero attached hydrogens (tertiary/aromatic N) is 2. The molecule has 90 valence electrons. The molecule has 0 fully saturated rings. The lowest BCUT2D eigenvalue weighted by Crippen LogP contribution is -2.06. The van der Waals surface area contributed by atoms with E-state index in [2.05, 4.69) is 4.98 Å². The van der Waals surface area contributed by atoms with Gasteiger partial charge < -0.3 is 9.67 Å². The van der Waals surface area contributed by atoms with E-state index in [0.717, 1.165) is 6.07 Å². The number of fused-ring (bicyclic) bond motifs is 3. The maximum absolute atomic E-state index is 12.8. The van der Waals surface area contributed by atoms with Gasteiger partial charge in [0.2, 0.25) is 0 Å². The average Bonchev–Trinajstić information content (AvgIpc) is 2.77. The molecule has 1 aliphatic rings. The van der Waals surface area contributed by atoms with Gasteiger partial charge in [-0.25, -0.2) is 4.98 Å². The Kier molecular flexibility index (Phi) is 2.01. The van der Waals surface area contributed by atoms with Crippen LogP contribution >= 0.6 is 0 Å². The van der Waals surface area contributed by atoms with Gasteiger partial charge in [0.1, 0.15) is 17.4 Å². The van der Waals surface area contributed by atoms with Gasteiger partial charge in [-0.1, -0.05) is 6.07 Å². The lowest BCUT2D eigenvalue weighted by Gasteiger charge is -2.07. The molecule has 3 rings (SSSR count).